The van der Waals surface area contributed by atoms with Crippen molar-refractivity contribution in [3.8, 4) is 11.3 Å². The molecule has 0 spiro atoms. The van der Waals surface area contributed by atoms with Crippen LogP contribution in [0.5, 0.6) is 0 Å². The van der Waals surface area contributed by atoms with E-state index in [1.165, 1.54) is 27.8 Å². The predicted octanol–water partition coefficient (Wildman–Crippen LogP) is 5.85. The number of fused-ring (bicyclic) bond motifs is 1. The van der Waals surface area contributed by atoms with Crippen LogP contribution in [0, 0.1) is 13.8 Å². The molecule has 0 bridgehead atoms. The second-order valence-electron chi connectivity index (χ2n) is 6.75. The van der Waals surface area contributed by atoms with Crippen LogP contribution >= 0.6 is 0 Å². The smallest absolute Gasteiger partial charge is 0.198 e. The Hall–Kier alpha value is -2.15. The van der Waals surface area contributed by atoms with Gasteiger partial charge in [0.25, 0.3) is 0 Å². The van der Waals surface area contributed by atoms with Crippen LogP contribution in [0.4, 0.5) is 0 Å². The molecule has 0 saturated carbocycles. The summed E-state index contributed by atoms with van der Waals surface area (Å²) in [5.41, 5.74) is 6.08. The number of aryl methyl sites for hydroxylation is 1. The first-order valence-corrected chi connectivity index (χ1v) is 8.98. The molecular weight excluding hydrogens is 290 g/mol. The Labute approximate surface area is 147 Å². The molecule has 1 heterocycles. The van der Waals surface area contributed by atoms with Crippen molar-refractivity contribution in [1.29, 1.82) is 0 Å². The molecule has 124 valence electrons. The van der Waals surface area contributed by atoms with E-state index in [2.05, 4.69) is 74.9 Å². The Morgan fingerprint density at radius 1 is 1.04 bits per heavy atom. The molecule has 24 heavy (non-hydrogen) atoms. The Kier molecular flexibility index (Phi) is 4.34. The maximum absolute atomic E-state index is 8.67. The number of hydrogen-bond acceptors (Lipinski definition) is 0. The van der Waals surface area contributed by atoms with Crippen LogP contribution in [0.1, 0.15) is 50.8 Å². The highest BCUT2D eigenvalue weighted by atomic mass is 14.9. The van der Waals surface area contributed by atoms with Crippen LogP contribution in [-0.4, -0.2) is 0 Å². The first-order valence-electron chi connectivity index (χ1n) is 9.48. The highest BCUT2D eigenvalue weighted by molar-refractivity contribution is 5.94. The molecule has 0 aliphatic heterocycles. The Morgan fingerprint density at radius 2 is 1.75 bits per heavy atom. The average molecular weight is 319 g/mol. The third-order valence-corrected chi connectivity index (χ3v) is 5.31. The quantitative estimate of drug-likeness (QED) is 0.531. The first-order chi connectivity index (χ1) is 12.0. The molecule has 0 aliphatic rings. The molecule has 1 nitrogen and oxygen atoms in total. The van der Waals surface area contributed by atoms with Gasteiger partial charge in [-0.1, -0.05) is 44.2 Å². The van der Waals surface area contributed by atoms with E-state index in [-0.39, 0.29) is 0 Å². The van der Waals surface area contributed by atoms with Crippen LogP contribution in [0.2, 0.25) is 0 Å². The van der Waals surface area contributed by atoms with Gasteiger partial charge in [0.1, 0.15) is 7.05 Å². The summed E-state index contributed by atoms with van der Waals surface area (Å²) in [6.07, 6.45) is 2.28. The van der Waals surface area contributed by atoms with Gasteiger partial charge in [-0.15, -0.1) is 0 Å². The lowest BCUT2D eigenvalue weighted by Crippen LogP contribution is -2.35. The zero-order valence-corrected chi connectivity index (χ0v) is 15.5. The highest BCUT2D eigenvalue weighted by Crippen LogP contribution is 2.32. The molecule has 0 unspecified atom stereocenters. The van der Waals surface area contributed by atoms with Crippen molar-refractivity contribution in [2.75, 3.05) is 0 Å². The summed E-state index contributed by atoms with van der Waals surface area (Å²) >= 11 is 0. The van der Waals surface area contributed by atoms with Crippen molar-refractivity contribution in [2.45, 2.75) is 46.5 Å². The minimum atomic E-state index is 0.569. The maximum atomic E-state index is 8.67. The van der Waals surface area contributed by atoms with E-state index in [1.54, 1.807) is 0 Å². The van der Waals surface area contributed by atoms with Gasteiger partial charge >= 0.3 is 0 Å². The van der Waals surface area contributed by atoms with Crippen LogP contribution in [-0.2, 0) is 7.05 Å². The fourth-order valence-electron chi connectivity index (χ4n) is 3.68. The topological polar surface area (TPSA) is 3.88 Å². The van der Waals surface area contributed by atoms with Gasteiger partial charge < -0.3 is 0 Å². The number of aromatic nitrogens is 1. The standard InChI is InChI=1S/C23H28N/c1-6-18(7-2)19-12-13-22-20(15-19)14-17(4)24(5)23(22)21-11-9-8-10-16(21)3/h8-15,18H,6-7H2,1-5H3/q+1/i14D. The SMILES string of the molecule is [2H]c1c(C)[n+](C)c(-c2ccccc2C)c2ccc(C(CC)CC)cc12. The summed E-state index contributed by atoms with van der Waals surface area (Å²) in [5.74, 6) is 0.569. The maximum Gasteiger partial charge on any atom is 0.220 e. The molecule has 0 atom stereocenters. The van der Waals surface area contributed by atoms with Crippen LogP contribution < -0.4 is 4.57 Å². The van der Waals surface area contributed by atoms with Crippen molar-refractivity contribution in [2.24, 2.45) is 7.05 Å². The minimum Gasteiger partial charge on any atom is -0.198 e. The van der Waals surface area contributed by atoms with E-state index in [0.29, 0.717) is 12.0 Å². The number of hydrogen-bond donors (Lipinski definition) is 0. The van der Waals surface area contributed by atoms with E-state index in [9.17, 15) is 0 Å². The molecule has 0 fully saturated rings. The second kappa shape index (κ2) is 6.76. The monoisotopic (exact) mass is 319 g/mol. The summed E-state index contributed by atoms with van der Waals surface area (Å²) in [4.78, 5) is 0. The molecule has 3 rings (SSSR count). The van der Waals surface area contributed by atoms with Gasteiger partial charge in [-0.2, -0.15) is 4.57 Å². The van der Waals surface area contributed by atoms with E-state index in [4.69, 9.17) is 1.37 Å². The van der Waals surface area contributed by atoms with Crippen molar-refractivity contribution >= 4 is 10.8 Å². The van der Waals surface area contributed by atoms with Gasteiger partial charge in [0.05, 0.1) is 6.76 Å². The summed E-state index contributed by atoms with van der Waals surface area (Å²) in [7, 11) is 2.07. The van der Waals surface area contributed by atoms with Gasteiger partial charge in [-0.3, -0.25) is 0 Å². The van der Waals surface area contributed by atoms with Gasteiger partial charge in [-0.25, -0.2) is 0 Å². The molecule has 0 N–H and O–H groups in total. The van der Waals surface area contributed by atoms with E-state index in [1.807, 2.05) is 6.92 Å². The largest absolute Gasteiger partial charge is 0.220 e. The third kappa shape index (κ3) is 2.84. The first kappa shape index (κ1) is 15.4. The van der Waals surface area contributed by atoms with Gasteiger partial charge in [0, 0.05) is 18.5 Å². The normalized spacial score (nSPS) is 12.0. The fourth-order valence-corrected chi connectivity index (χ4v) is 3.68. The number of nitrogens with zero attached hydrogens (tertiary/aromatic N) is 1. The lowest BCUT2D eigenvalue weighted by Gasteiger charge is -2.15. The van der Waals surface area contributed by atoms with Gasteiger partial charge in [-0.05, 0) is 54.3 Å². The summed E-state index contributed by atoms with van der Waals surface area (Å²) < 4.78 is 10.8. The number of pyridine rings is 1. The van der Waals surface area contributed by atoms with E-state index < -0.39 is 0 Å². The molecule has 3 aromatic rings. The summed E-state index contributed by atoms with van der Waals surface area (Å²) in [5, 5.41) is 2.24. The molecule has 0 amide bonds. The molecule has 1 aromatic heterocycles. The fraction of sp³-hybridized carbons (Fsp3) is 0.348. The van der Waals surface area contributed by atoms with E-state index in [0.717, 1.165) is 23.9 Å². The van der Waals surface area contributed by atoms with Crippen molar-refractivity contribution in [3.05, 3.63) is 65.3 Å². The van der Waals surface area contributed by atoms with Crippen molar-refractivity contribution < 1.29 is 5.94 Å². The van der Waals surface area contributed by atoms with Crippen LogP contribution in [0.15, 0.2) is 48.5 Å². The lowest BCUT2D eigenvalue weighted by molar-refractivity contribution is -0.665. The summed E-state index contributed by atoms with van der Waals surface area (Å²) in [6, 6.07) is 15.9. The zero-order valence-electron chi connectivity index (χ0n) is 16.5. The minimum absolute atomic E-state index is 0.569. The van der Waals surface area contributed by atoms with Crippen molar-refractivity contribution in [3.63, 3.8) is 0 Å². The summed E-state index contributed by atoms with van der Waals surface area (Å²) in [6.45, 7) is 8.70. The Balaban J connectivity index is 2.37. The molecule has 1 heteroatoms. The average Bonchev–Trinajstić information content (AvgIpc) is 2.63. The predicted molar refractivity (Wildman–Crippen MR) is 103 cm³/mol. The van der Waals surface area contributed by atoms with E-state index >= 15 is 0 Å². The van der Waals surface area contributed by atoms with Crippen LogP contribution in [0.25, 0.3) is 22.0 Å². The molecule has 2 aromatic carbocycles. The van der Waals surface area contributed by atoms with Crippen molar-refractivity contribution in [1.82, 2.24) is 0 Å². The number of rotatable bonds is 4. The second-order valence-corrected chi connectivity index (χ2v) is 6.75. The number of benzene rings is 2. The Morgan fingerprint density at radius 3 is 2.42 bits per heavy atom. The highest BCUT2D eigenvalue weighted by Gasteiger charge is 2.20. The molecule has 0 saturated heterocycles. The Bertz CT molecular complexity index is 923. The molecule has 0 aliphatic carbocycles. The molecular formula is C23H28N+. The van der Waals surface area contributed by atoms with Crippen LogP contribution in [0.3, 0.4) is 0 Å². The third-order valence-electron chi connectivity index (χ3n) is 5.31. The van der Waals surface area contributed by atoms with Gasteiger partial charge in [0.15, 0.2) is 5.69 Å². The molecule has 0 radical (unpaired) electrons. The lowest BCUT2D eigenvalue weighted by atomic mass is 9.91. The van der Waals surface area contributed by atoms with Gasteiger partial charge in [0.2, 0.25) is 5.69 Å². The zero-order chi connectivity index (χ0) is 18.1.